The largest absolute Gasteiger partial charge is 0.298 e. The first-order valence-corrected chi connectivity index (χ1v) is 9.32. The molecule has 7 heteroatoms. The monoisotopic (exact) mass is 365 g/mol. The van der Waals surface area contributed by atoms with Gasteiger partial charge in [0.05, 0.1) is 11.7 Å². The summed E-state index contributed by atoms with van der Waals surface area (Å²) in [5, 5.41) is 4.75. The highest BCUT2D eigenvalue weighted by Gasteiger charge is 2.15. The van der Waals surface area contributed by atoms with Crippen molar-refractivity contribution >= 4 is 21.6 Å². The van der Waals surface area contributed by atoms with E-state index in [0.717, 1.165) is 15.5 Å². The van der Waals surface area contributed by atoms with Crippen molar-refractivity contribution in [2.45, 2.75) is 25.8 Å². The van der Waals surface area contributed by atoms with Crippen molar-refractivity contribution in [2.75, 3.05) is 0 Å². The lowest BCUT2D eigenvalue weighted by atomic mass is 10.00. The van der Waals surface area contributed by atoms with Gasteiger partial charge in [0.1, 0.15) is 17.0 Å². The lowest BCUT2D eigenvalue weighted by Gasteiger charge is -2.08. The molecule has 0 saturated heterocycles. The Morgan fingerprint density at radius 3 is 2.73 bits per heavy atom. The standard InChI is InChI=1S/C19H19N5OS/c1-13(14-6-4-3-5-7-14)16-10-15-18(26-16)21-12-24(19(15)25)9-8-17-20-11-22-23(17)2/h3-7,10-13H,8-9H2,1-2H3/t13-/m1/s1. The third-order valence-corrected chi connectivity index (χ3v) is 5.87. The van der Waals surface area contributed by atoms with Gasteiger partial charge in [-0.15, -0.1) is 11.3 Å². The Kier molecular flexibility index (Phi) is 4.38. The van der Waals surface area contributed by atoms with Crippen LogP contribution >= 0.6 is 11.3 Å². The van der Waals surface area contributed by atoms with Crippen LogP contribution in [0.15, 0.2) is 53.8 Å². The first kappa shape index (κ1) is 16.7. The van der Waals surface area contributed by atoms with Gasteiger partial charge < -0.3 is 0 Å². The van der Waals surface area contributed by atoms with Crippen LogP contribution in [0.5, 0.6) is 0 Å². The molecule has 0 aliphatic heterocycles. The van der Waals surface area contributed by atoms with E-state index in [1.54, 1.807) is 26.9 Å². The molecule has 0 spiro atoms. The topological polar surface area (TPSA) is 65.6 Å². The van der Waals surface area contributed by atoms with Gasteiger partial charge in [0, 0.05) is 30.8 Å². The maximum atomic E-state index is 12.8. The first-order chi connectivity index (χ1) is 12.6. The third kappa shape index (κ3) is 3.06. The van der Waals surface area contributed by atoms with E-state index >= 15 is 0 Å². The second kappa shape index (κ2) is 6.84. The molecule has 4 aromatic rings. The summed E-state index contributed by atoms with van der Waals surface area (Å²) in [6.45, 7) is 2.69. The summed E-state index contributed by atoms with van der Waals surface area (Å²) < 4.78 is 3.38. The van der Waals surface area contributed by atoms with Gasteiger partial charge in [-0.05, 0) is 11.6 Å². The van der Waals surface area contributed by atoms with Gasteiger partial charge in [-0.2, -0.15) is 5.10 Å². The smallest absolute Gasteiger partial charge is 0.262 e. The minimum atomic E-state index is -0.0000648. The van der Waals surface area contributed by atoms with Crippen LogP contribution in [0.3, 0.4) is 0 Å². The van der Waals surface area contributed by atoms with Crippen LogP contribution in [0.2, 0.25) is 0 Å². The van der Waals surface area contributed by atoms with Gasteiger partial charge in [-0.1, -0.05) is 37.3 Å². The van der Waals surface area contributed by atoms with E-state index in [0.29, 0.717) is 18.4 Å². The number of thiophene rings is 1. The Hall–Kier alpha value is -2.80. The highest BCUT2D eigenvalue weighted by Crippen LogP contribution is 2.32. The number of hydrogen-bond donors (Lipinski definition) is 0. The lowest BCUT2D eigenvalue weighted by molar-refractivity contribution is 0.609. The van der Waals surface area contributed by atoms with Gasteiger partial charge in [0.15, 0.2) is 0 Å². The Balaban J connectivity index is 1.63. The molecule has 6 nitrogen and oxygen atoms in total. The summed E-state index contributed by atoms with van der Waals surface area (Å²) in [5.41, 5.74) is 1.24. The minimum absolute atomic E-state index is 0.0000648. The van der Waals surface area contributed by atoms with Crippen molar-refractivity contribution in [3.8, 4) is 0 Å². The Morgan fingerprint density at radius 1 is 1.19 bits per heavy atom. The summed E-state index contributed by atoms with van der Waals surface area (Å²) in [5.74, 6) is 1.09. The molecule has 0 unspecified atom stereocenters. The number of benzene rings is 1. The zero-order chi connectivity index (χ0) is 18.1. The van der Waals surface area contributed by atoms with Crippen LogP contribution in [-0.4, -0.2) is 24.3 Å². The number of aryl methyl sites for hydroxylation is 3. The fraction of sp³-hybridized carbons (Fsp3) is 0.263. The Bertz CT molecular complexity index is 1100. The predicted molar refractivity (Wildman–Crippen MR) is 103 cm³/mol. The average Bonchev–Trinajstić information content (AvgIpc) is 3.28. The molecule has 4 rings (SSSR count). The molecule has 1 atom stereocenters. The summed E-state index contributed by atoms with van der Waals surface area (Å²) >= 11 is 1.59. The normalized spacial score (nSPS) is 12.5. The molecule has 132 valence electrons. The molecule has 0 radical (unpaired) electrons. The molecule has 26 heavy (non-hydrogen) atoms. The van der Waals surface area contributed by atoms with E-state index < -0.39 is 0 Å². The second-order valence-electron chi connectivity index (χ2n) is 6.29. The van der Waals surface area contributed by atoms with Crippen LogP contribution in [0, 0.1) is 0 Å². The number of fused-ring (bicyclic) bond motifs is 1. The highest BCUT2D eigenvalue weighted by atomic mass is 32.1. The molecule has 3 heterocycles. The minimum Gasteiger partial charge on any atom is -0.298 e. The van der Waals surface area contributed by atoms with Crippen LogP contribution in [-0.2, 0) is 20.0 Å². The summed E-state index contributed by atoms with van der Waals surface area (Å²) in [7, 11) is 1.85. The molecule has 0 aliphatic rings. The molecule has 1 aromatic carbocycles. The maximum absolute atomic E-state index is 12.8. The molecule has 0 saturated carbocycles. The molecule has 0 amide bonds. The second-order valence-corrected chi connectivity index (χ2v) is 7.36. The molecular weight excluding hydrogens is 346 g/mol. The zero-order valence-corrected chi connectivity index (χ0v) is 15.5. The number of hydrogen-bond acceptors (Lipinski definition) is 5. The number of rotatable bonds is 5. The quantitative estimate of drug-likeness (QED) is 0.545. The number of aromatic nitrogens is 5. The van der Waals surface area contributed by atoms with Gasteiger partial charge in [0.25, 0.3) is 5.56 Å². The number of nitrogens with zero attached hydrogens (tertiary/aromatic N) is 5. The Morgan fingerprint density at radius 2 is 2.00 bits per heavy atom. The van der Waals surface area contributed by atoms with Gasteiger partial charge >= 0.3 is 0 Å². The fourth-order valence-corrected chi connectivity index (χ4v) is 4.09. The molecule has 0 bridgehead atoms. The van der Waals surface area contributed by atoms with Crippen LogP contribution in [0.4, 0.5) is 0 Å². The van der Waals surface area contributed by atoms with Crippen LogP contribution in [0.25, 0.3) is 10.2 Å². The van der Waals surface area contributed by atoms with E-state index in [1.165, 1.54) is 11.9 Å². The molecule has 0 N–H and O–H groups in total. The van der Waals surface area contributed by atoms with Gasteiger partial charge in [-0.25, -0.2) is 9.97 Å². The van der Waals surface area contributed by atoms with E-state index in [1.807, 2.05) is 31.3 Å². The van der Waals surface area contributed by atoms with Crippen molar-refractivity contribution in [2.24, 2.45) is 7.05 Å². The molecular formula is C19H19N5OS. The molecule has 3 aromatic heterocycles. The highest BCUT2D eigenvalue weighted by molar-refractivity contribution is 7.18. The fourth-order valence-electron chi connectivity index (χ4n) is 3.02. The van der Waals surface area contributed by atoms with Crippen molar-refractivity contribution in [3.05, 3.63) is 75.7 Å². The first-order valence-electron chi connectivity index (χ1n) is 8.50. The van der Waals surface area contributed by atoms with Crippen LogP contribution in [0.1, 0.15) is 29.1 Å². The maximum Gasteiger partial charge on any atom is 0.262 e. The van der Waals surface area contributed by atoms with E-state index in [9.17, 15) is 4.79 Å². The van der Waals surface area contributed by atoms with E-state index in [2.05, 4.69) is 34.1 Å². The molecule has 0 aliphatic carbocycles. The van der Waals surface area contributed by atoms with Crippen molar-refractivity contribution in [1.29, 1.82) is 0 Å². The Labute approximate surface area is 154 Å². The van der Waals surface area contributed by atoms with Gasteiger partial charge in [-0.3, -0.25) is 14.0 Å². The molecule has 0 fully saturated rings. The van der Waals surface area contributed by atoms with Crippen molar-refractivity contribution in [3.63, 3.8) is 0 Å². The lowest BCUT2D eigenvalue weighted by Crippen LogP contribution is -2.21. The SMILES string of the molecule is C[C@H](c1ccccc1)c1cc2c(=O)n(CCc3ncnn3C)cnc2s1. The third-order valence-electron chi connectivity index (χ3n) is 4.64. The van der Waals surface area contributed by atoms with Crippen LogP contribution < -0.4 is 5.56 Å². The van der Waals surface area contributed by atoms with Gasteiger partial charge in [0.2, 0.25) is 0 Å². The predicted octanol–water partition coefficient (Wildman–Crippen LogP) is 2.98. The van der Waals surface area contributed by atoms with Crippen molar-refractivity contribution in [1.82, 2.24) is 24.3 Å². The summed E-state index contributed by atoms with van der Waals surface area (Å²) in [6.07, 6.45) is 3.80. The van der Waals surface area contributed by atoms with E-state index in [4.69, 9.17) is 0 Å². The summed E-state index contributed by atoms with van der Waals surface area (Å²) in [4.78, 5) is 23.5. The van der Waals surface area contributed by atoms with Crippen molar-refractivity contribution < 1.29 is 0 Å². The zero-order valence-electron chi connectivity index (χ0n) is 14.7. The summed E-state index contributed by atoms with van der Waals surface area (Å²) in [6, 6.07) is 12.3. The average molecular weight is 365 g/mol. The van der Waals surface area contributed by atoms with E-state index in [-0.39, 0.29) is 11.5 Å².